The lowest BCUT2D eigenvalue weighted by Crippen LogP contribution is -2.48. The lowest BCUT2D eigenvalue weighted by Gasteiger charge is -2.34. The molecule has 0 radical (unpaired) electrons. The van der Waals surface area contributed by atoms with Crippen LogP contribution in [0.4, 0.5) is 0 Å². The maximum absolute atomic E-state index is 13.1. The normalized spacial score (nSPS) is 14.9. The van der Waals surface area contributed by atoms with Crippen LogP contribution in [-0.2, 0) is 5.75 Å². The highest BCUT2D eigenvalue weighted by Crippen LogP contribution is 2.25. The molecule has 1 amide bonds. The van der Waals surface area contributed by atoms with Crippen LogP contribution in [0.1, 0.15) is 27.4 Å². The van der Waals surface area contributed by atoms with Gasteiger partial charge in [-0.1, -0.05) is 59.4 Å². The first kappa shape index (κ1) is 21.3. The summed E-state index contributed by atoms with van der Waals surface area (Å²) in [5.41, 5.74) is 2.72. The largest absolute Gasteiger partial charge is 0.361 e. The lowest BCUT2D eigenvalue weighted by atomic mass is 10.2. The minimum absolute atomic E-state index is 0.0476. The third kappa shape index (κ3) is 5.83. The van der Waals surface area contributed by atoms with E-state index in [1.807, 2.05) is 48.2 Å². The van der Waals surface area contributed by atoms with Crippen molar-refractivity contribution in [1.82, 2.24) is 19.9 Å². The molecule has 31 heavy (non-hydrogen) atoms. The summed E-state index contributed by atoms with van der Waals surface area (Å²) < 4.78 is 5.12. The molecule has 0 spiro atoms. The van der Waals surface area contributed by atoms with Crippen LogP contribution in [0.2, 0.25) is 0 Å². The number of thioether (sulfide) groups is 1. The fraction of sp³-hybridized carbons (Fsp3) is 0.292. The number of carbonyl (C=O) groups is 1. The Labute approximate surface area is 186 Å². The second-order valence-electron chi connectivity index (χ2n) is 7.48. The molecule has 0 bridgehead atoms. The molecule has 1 aliphatic heterocycles. The van der Waals surface area contributed by atoms with Gasteiger partial charge in [0.1, 0.15) is 10.8 Å². The number of nitrogens with zero attached hydrogens (tertiary/aromatic N) is 4. The van der Waals surface area contributed by atoms with Gasteiger partial charge >= 0.3 is 0 Å². The van der Waals surface area contributed by atoms with Gasteiger partial charge in [-0.2, -0.15) is 0 Å². The predicted molar refractivity (Wildman–Crippen MR) is 123 cm³/mol. The van der Waals surface area contributed by atoms with E-state index >= 15 is 0 Å². The molecule has 1 saturated heterocycles. The average Bonchev–Trinajstić information content (AvgIpc) is 3.24. The van der Waals surface area contributed by atoms with E-state index in [9.17, 15) is 4.79 Å². The molecule has 3 heterocycles. The zero-order valence-electron chi connectivity index (χ0n) is 17.6. The second kappa shape index (κ2) is 10.4. The molecule has 4 rings (SSSR count). The number of hydrogen-bond donors (Lipinski definition) is 0. The fourth-order valence-electron chi connectivity index (χ4n) is 3.50. The molecule has 0 unspecified atom stereocenters. The van der Waals surface area contributed by atoms with E-state index in [1.54, 1.807) is 6.20 Å². The summed E-state index contributed by atoms with van der Waals surface area (Å²) in [4.78, 5) is 21.9. The quantitative estimate of drug-likeness (QED) is 0.521. The number of carbonyl (C=O) groups excluding carboxylic acids is 1. The van der Waals surface area contributed by atoms with Crippen molar-refractivity contribution >= 4 is 23.7 Å². The number of amides is 1. The van der Waals surface area contributed by atoms with Crippen LogP contribution in [0.15, 0.2) is 70.4 Å². The molecule has 0 saturated carbocycles. The molecule has 160 valence electrons. The van der Waals surface area contributed by atoms with E-state index in [0.717, 1.165) is 49.2 Å². The van der Waals surface area contributed by atoms with Crippen molar-refractivity contribution in [2.24, 2.45) is 0 Å². The molecular weight excluding hydrogens is 408 g/mol. The van der Waals surface area contributed by atoms with Gasteiger partial charge in [0.2, 0.25) is 0 Å². The highest BCUT2D eigenvalue weighted by atomic mass is 32.2. The molecule has 2 aromatic heterocycles. The van der Waals surface area contributed by atoms with Crippen molar-refractivity contribution in [2.75, 3.05) is 32.7 Å². The van der Waals surface area contributed by atoms with E-state index in [4.69, 9.17) is 4.52 Å². The first-order valence-corrected chi connectivity index (χ1v) is 11.4. The molecule has 1 aromatic carbocycles. The van der Waals surface area contributed by atoms with Crippen LogP contribution >= 0.6 is 11.8 Å². The molecule has 0 N–H and O–H groups in total. The summed E-state index contributed by atoms with van der Waals surface area (Å²) in [5, 5.41) is 4.75. The van der Waals surface area contributed by atoms with Gasteiger partial charge < -0.3 is 9.42 Å². The summed E-state index contributed by atoms with van der Waals surface area (Å²) in [7, 11) is 0. The molecular formula is C24H26N4O2S. The van der Waals surface area contributed by atoms with Crippen LogP contribution in [0.5, 0.6) is 0 Å². The molecule has 0 aliphatic carbocycles. The molecule has 3 aromatic rings. The van der Waals surface area contributed by atoms with Gasteiger partial charge in [0.25, 0.3) is 5.91 Å². The van der Waals surface area contributed by atoms with Crippen LogP contribution in [-0.4, -0.2) is 58.6 Å². The topological polar surface area (TPSA) is 62.5 Å². The van der Waals surface area contributed by atoms with E-state index in [2.05, 4.69) is 39.3 Å². The monoisotopic (exact) mass is 434 g/mol. The minimum Gasteiger partial charge on any atom is -0.361 e. The fourth-order valence-corrected chi connectivity index (χ4v) is 4.37. The van der Waals surface area contributed by atoms with E-state index < -0.39 is 0 Å². The molecule has 1 aliphatic rings. The molecule has 7 heteroatoms. The van der Waals surface area contributed by atoms with Gasteiger partial charge in [-0.05, 0) is 24.6 Å². The van der Waals surface area contributed by atoms with Crippen molar-refractivity contribution < 1.29 is 9.32 Å². The highest BCUT2D eigenvalue weighted by Gasteiger charge is 2.24. The Morgan fingerprint density at radius 2 is 1.94 bits per heavy atom. The SMILES string of the molecule is Cc1cc(CSc2ncccc2C(=O)N2CCN(C/C=C/c3ccccc3)CC2)no1. The van der Waals surface area contributed by atoms with Crippen molar-refractivity contribution in [2.45, 2.75) is 17.7 Å². The van der Waals surface area contributed by atoms with Crippen molar-refractivity contribution in [3.8, 4) is 0 Å². The zero-order chi connectivity index (χ0) is 21.5. The van der Waals surface area contributed by atoms with Crippen LogP contribution in [0, 0.1) is 6.92 Å². The van der Waals surface area contributed by atoms with E-state index in [1.165, 1.54) is 17.3 Å². The van der Waals surface area contributed by atoms with Crippen LogP contribution in [0.3, 0.4) is 0 Å². The van der Waals surface area contributed by atoms with Gasteiger partial charge in [-0.3, -0.25) is 9.69 Å². The van der Waals surface area contributed by atoms with Gasteiger partial charge in [-0.15, -0.1) is 0 Å². The Morgan fingerprint density at radius 3 is 2.68 bits per heavy atom. The van der Waals surface area contributed by atoms with Crippen molar-refractivity contribution in [3.05, 3.63) is 83.4 Å². The molecule has 6 nitrogen and oxygen atoms in total. The number of hydrogen-bond acceptors (Lipinski definition) is 6. The van der Waals surface area contributed by atoms with Gasteiger partial charge in [0.15, 0.2) is 0 Å². The summed E-state index contributed by atoms with van der Waals surface area (Å²) in [5.74, 6) is 1.45. The zero-order valence-corrected chi connectivity index (χ0v) is 18.4. The standard InChI is InChI=1S/C24H26N4O2S/c1-19-17-21(26-30-19)18-31-23-22(10-5-11-25-23)24(29)28-15-13-27(14-16-28)12-6-9-20-7-3-2-4-8-20/h2-11,17H,12-16,18H2,1H3/b9-6+. The Hall–Kier alpha value is -2.90. The first-order chi connectivity index (χ1) is 15.2. The smallest absolute Gasteiger partial charge is 0.256 e. The summed E-state index contributed by atoms with van der Waals surface area (Å²) >= 11 is 1.51. The van der Waals surface area contributed by atoms with Crippen molar-refractivity contribution in [1.29, 1.82) is 0 Å². The van der Waals surface area contributed by atoms with E-state index in [-0.39, 0.29) is 5.91 Å². The number of piperazine rings is 1. The number of aryl methyl sites for hydroxylation is 1. The van der Waals surface area contributed by atoms with Gasteiger partial charge in [-0.25, -0.2) is 4.98 Å². The predicted octanol–water partition coefficient (Wildman–Crippen LogP) is 4.14. The summed E-state index contributed by atoms with van der Waals surface area (Å²) in [6, 6.07) is 15.9. The van der Waals surface area contributed by atoms with Gasteiger partial charge in [0.05, 0.1) is 11.3 Å². The maximum Gasteiger partial charge on any atom is 0.256 e. The Kier molecular flexibility index (Phi) is 7.17. The number of pyridine rings is 1. The Balaban J connectivity index is 1.31. The Bertz CT molecular complexity index is 1030. The Morgan fingerprint density at radius 1 is 1.13 bits per heavy atom. The third-order valence-corrected chi connectivity index (χ3v) is 6.21. The third-order valence-electron chi connectivity index (χ3n) is 5.17. The number of rotatable bonds is 7. The van der Waals surface area contributed by atoms with Crippen molar-refractivity contribution in [3.63, 3.8) is 0 Å². The van der Waals surface area contributed by atoms with Crippen LogP contribution in [0.25, 0.3) is 6.08 Å². The van der Waals surface area contributed by atoms with Crippen LogP contribution < -0.4 is 0 Å². The summed E-state index contributed by atoms with van der Waals surface area (Å²) in [6.45, 7) is 5.94. The maximum atomic E-state index is 13.1. The lowest BCUT2D eigenvalue weighted by molar-refractivity contribution is 0.0646. The summed E-state index contributed by atoms with van der Waals surface area (Å²) in [6.07, 6.45) is 6.06. The van der Waals surface area contributed by atoms with E-state index in [0.29, 0.717) is 11.3 Å². The average molecular weight is 435 g/mol. The molecule has 1 fully saturated rings. The molecule has 0 atom stereocenters. The highest BCUT2D eigenvalue weighted by molar-refractivity contribution is 7.98. The number of benzene rings is 1. The second-order valence-corrected chi connectivity index (χ2v) is 8.44. The first-order valence-electron chi connectivity index (χ1n) is 10.4. The minimum atomic E-state index is 0.0476. The van der Waals surface area contributed by atoms with Gasteiger partial charge in [0, 0.05) is 50.7 Å². The number of aromatic nitrogens is 2.